The molecule has 1 fully saturated rings. The molecule has 0 radical (unpaired) electrons. The zero-order valence-electron chi connectivity index (χ0n) is 17.0. The van der Waals surface area contributed by atoms with E-state index in [-0.39, 0.29) is 49.5 Å². The van der Waals surface area contributed by atoms with Crippen molar-refractivity contribution in [2.75, 3.05) is 26.2 Å². The Balaban J connectivity index is 0.00000289. The highest BCUT2D eigenvalue weighted by Crippen LogP contribution is 2.42. The first-order valence-electron chi connectivity index (χ1n) is 9.34. The maximum atomic E-state index is 13.8. The average molecular weight is 545 g/mol. The molecule has 0 aliphatic carbocycles. The van der Waals surface area contributed by atoms with Crippen LogP contribution in [0, 0.1) is 0 Å². The summed E-state index contributed by atoms with van der Waals surface area (Å²) in [6, 6.07) is 4.53. The second-order valence-corrected chi connectivity index (χ2v) is 7.10. The number of ether oxygens (including phenoxy) is 1. The molecule has 0 bridgehead atoms. The van der Waals surface area contributed by atoms with Crippen LogP contribution in [0.3, 0.4) is 0 Å². The fourth-order valence-electron chi connectivity index (χ4n) is 3.60. The Morgan fingerprint density at radius 1 is 0.765 bits per heavy atom. The number of nitrogens with zero attached hydrogens (tertiary/aromatic N) is 1. The zero-order valence-corrected chi connectivity index (χ0v) is 18.7. The van der Waals surface area contributed by atoms with E-state index in [4.69, 9.17) is 0 Å². The van der Waals surface area contributed by atoms with Crippen molar-refractivity contribution >= 4 is 24.8 Å². The molecule has 192 valence electrons. The first kappa shape index (κ1) is 30.1. The fourth-order valence-corrected chi connectivity index (χ4v) is 3.60. The predicted octanol–water partition coefficient (Wildman–Crippen LogP) is 6.46. The minimum atomic E-state index is -5.08. The van der Waals surface area contributed by atoms with Gasteiger partial charge in [0.1, 0.15) is 5.75 Å². The van der Waals surface area contributed by atoms with Crippen LogP contribution in [0.15, 0.2) is 42.5 Å². The lowest BCUT2D eigenvalue weighted by Crippen LogP contribution is -2.45. The highest BCUT2D eigenvalue weighted by atomic mass is 35.5. The third kappa shape index (κ3) is 7.56. The molecule has 1 aliphatic heterocycles. The molecule has 0 amide bonds. The number of piperazine rings is 1. The van der Waals surface area contributed by atoms with Crippen molar-refractivity contribution in [3.05, 3.63) is 64.7 Å². The van der Waals surface area contributed by atoms with Crippen LogP contribution in [0.25, 0.3) is 0 Å². The molecular weight excluding hydrogens is 526 g/mol. The lowest BCUT2D eigenvalue weighted by molar-refractivity contribution is -0.274. The number of benzene rings is 2. The Labute approximate surface area is 201 Å². The number of nitrogens with one attached hydrogen (secondary N) is 1. The standard InChI is InChI=1S/C20H17F9N2O.2ClH/c21-18(22,23)13-3-6-15(16(11-13)19(24,25)26)17(31-9-7-30-8-10-31)12-1-4-14(5-2-12)32-20(27,28)29;;/h1-6,11,17,30H,7-10H2;2*1H/t17-;;/m0../s1. The molecule has 34 heavy (non-hydrogen) atoms. The van der Waals surface area contributed by atoms with E-state index in [1.54, 1.807) is 4.90 Å². The molecule has 1 N–H and O–H groups in total. The van der Waals surface area contributed by atoms with E-state index in [9.17, 15) is 39.5 Å². The molecule has 1 saturated heterocycles. The van der Waals surface area contributed by atoms with Crippen LogP contribution in [0.4, 0.5) is 39.5 Å². The van der Waals surface area contributed by atoms with Crippen molar-refractivity contribution < 1.29 is 44.3 Å². The van der Waals surface area contributed by atoms with E-state index in [1.165, 1.54) is 12.1 Å². The Kier molecular flexibility index (Phi) is 9.96. The molecular formula is C20H19Cl2F9N2O. The van der Waals surface area contributed by atoms with Crippen LogP contribution in [-0.4, -0.2) is 37.4 Å². The first-order valence-corrected chi connectivity index (χ1v) is 9.34. The normalized spacial score (nSPS) is 16.3. The van der Waals surface area contributed by atoms with E-state index in [1.807, 2.05) is 0 Å². The molecule has 0 spiro atoms. The molecule has 1 aliphatic rings. The molecule has 3 rings (SSSR count). The SMILES string of the molecule is Cl.Cl.FC(F)(F)Oc1ccc([C@@H](c2ccc(C(F)(F)F)cc2C(F)(F)F)N2CCNCC2)cc1. The molecule has 2 aromatic rings. The minimum Gasteiger partial charge on any atom is -0.406 e. The number of hydrogen-bond acceptors (Lipinski definition) is 3. The van der Waals surface area contributed by atoms with E-state index in [0.29, 0.717) is 19.2 Å². The third-order valence-electron chi connectivity index (χ3n) is 4.93. The second kappa shape index (κ2) is 11.2. The highest BCUT2D eigenvalue weighted by Gasteiger charge is 2.41. The van der Waals surface area contributed by atoms with Crippen molar-refractivity contribution in [2.24, 2.45) is 0 Å². The molecule has 14 heteroatoms. The van der Waals surface area contributed by atoms with Gasteiger partial charge >= 0.3 is 18.7 Å². The van der Waals surface area contributed by atoms with Gasteiger partial charge in [0.25, 0.3) is 0 Å². The maximum Gasteiger partial charge on any atom is 0.573 e. The lowest BCUT2D eigenvalue weighted by Gasteiger charge is -2.37. The van der Waals surface area contributed by atoms with E-state index < -0.39 is 47.2 Å². The quantitative estimate of drug-likeness (QED) is 0.447. The summed E-state index contributed by atoms with van der Waals surface area (Å²) in [6.07, 6.45) is -15.0. The van der Waals surface area contributed by atoms with Gasteiger partial charge in [0, 0.05) is 26.2 Å². The van der Waals surface area contributed by atoms with Crippen molar-refractivity contribution in [1.82, 2.24) is 10.2 Å². The van der Waals surface area contributed by atoms with E-state index >= 15 is 0 Å². The van der Waals surface area contributed by atoms with Crippen molar-refractivity contribution in [1.29, 1.82) is 0 Å². The van der Waals surface area contributed by atoms with E-state index in [2.05, 4.69) is 10.1 Å². The molecule has 0 aromatic heterocycles. The number of alkyl halides is 9. The molecule has 2 aromatic carbocycles. The highest BCUT2D eigenvalue weighted by molar-refractivity contribution is 5.85. The first-order chi connectivity index (χ1) is 14.8. The molecule has 1 atom stereocenters. The monoisotopic (exact) mass is 544 g/mol. The summed E-state index contributed by atoms with van der Waals surface area (Å²) in [5, 5.41) is 3.02. The van der Waals surface area contributed by atoms with Crippen LogP contribution in [-0.2, 0) is 12.4 Å². The summed E-state index contributed by atoms with van der Waals surface area (Å²) in [7, 11) is 0. The Morgan fingerprint density at radius 2 is 1.32 bits per heavy atom. The minimum absolute atomic E-state index is 0. The van der Waals surface area contributed by atoms with Gasteiger partial charge in [-0.15, -0.1) is 38.0 Å². The van der Waals surface area contributed by atoms with Gasteiger partial charge in [-0.25, -0.2) is 0 Å². The van der Waals surface area contributed by atoms with Gasteiger partial charge < -0.3 is 10.1 Å². The third-order valence-corrected chi connectivity index (χ3v) is 4.93. The summed E-state index contributed by atoms with van der Waals surface area (Å²) in [5.41, 5.74) is -3.13. The van der Waals surface area contributed by atoms with Gasteiger partial charge in [0.05, 0.1) is 17.2 Å². The Morgan fingerprint density at radius 3 is 1.79 bits per heavy atom. The Hall–Kier alpha value is -1.89. The van der Waals surface area contributed by atoms with Gasteiger partial charge in [0.15, 0.2) is 0 Å². The number of halogens is 11. The van der Waals surface area contributed by atoms with Gasteiger partial charge in [0.2, 0.25) is 0 Å². The lowest BCUT2D eigenvalue weighted by atomic mass is 9.91. The Bertz CT molecular complexity index is 926. The van der Waals surface area contributed by atoms with Crippen LogP contribution < -0.4 is 10.1 Å². The molecule has 3 nitrogen and oxygen atoms in total. The molecule has 0 unspecified atom stereocenters. The second-order valence-electron chi connectivity index (χ2n) is 7.10. The van der Waals surface area contributed by atoms with Crippen molar-refractivity contribution in [3.8, 4) is 5.75 Å². The van der Waals surface area contributed by atoms with Crippen LogP contribution >= 0.6 is 24.8 Å². The summed E-state index contributed by atoms with van der Waals surface area (Å²) < 4.78 is 122. The zero-order chi connectivity index (χ0) is 23.7. The molecule has 1 heterocycles. The van der Waals surface area contributed by atoms with Crippen molar-refractivity contribution in [2.45, 2.75) is 24.8 Å². The summed E-state index contributed by atoms with van der Waals surface area (Å²) in [4.78, 5) is 1.63. The van der Waals surface area contributed by atoms with Gasteiger partial charge in [-0.1, -0.05) is 18.2 Å². The smallest absolute Gasteiger partial charge is 0.406 e. The summed E-state index contributed by atoms with van der Waals surface area (Å²) in [5.74, 6) is -0.566. The predicted molar refractivity (Wildman–Crippen MR) is 110 cm³/mol. The van der Waals surface area contributed by atoms with E-state index in [0.717, 1.165) is 18.2 Å². The summed E-state index contributed by atoms with van der Waals surface area (Å²) >= 11 is 0. The maximum absolute atomic E-state index is 13.8. The van der Waals surface area contributed by atoms with Gasteiger partial charge in [-0.3, -0.25) is 4.90 Å². The fraction of sp³-hybridized carbons (Fsp3) is 0.400. The van der Waals surface area contributed by atoms with Crippen LogP contribution in [0.5, 0.6) is 5.75 Å². The topological polar surface area (TPSA) is 24.5 Å². The largest absolute Gasteiger partial charge is 0.573 e. The average Bonchev–Trinajstić information content (AvgIpc) is 2.68. The van der Waals surface area contributed by atoms with Crippen LogP contribution in [0.2, 0.25) is 0 Å². The number of hydrogen-bond donors (Lipinski definition) is 1. The van der Waals surface area contributed by atoms with Gasteiger partial charge in [-0.2, -0.15) is 26.3 Å². The molecule has 0 saturated carbocycles. The van der Waals surface area contributed by atoms with Crippen molar-refractivity contribution in [3.63, 3.8) is 0 Å². The van der Waals surface area contributed by atoms with Gasteiger partial charge in [-0.05, 0) is 35.4 Å². The van der Waals surface area contributed by atoms with Crippen LogP contribution in [0.1, 0.15) is 28.3 Å². The number of rotatable bonds is 4. The summed E-state index contributed by atoms with van der Waals surface area (Å²) in [6.45, 7) is 1.41.